The Morgan fingerprint density at radius 1 is 1.41 bits per heavy atom. The van der Waals surface area contributed by atoms with Crippen molar-refractivity contribution in [2.75, 3.05) is 10.6 Å². The Labute approximate surface area is 176 Å². The van der Waals surface area contributed by atoms with E-state index in [1.165, 1.54) is 18.3 Å². The van der Waals surface area contributed by atoms with Gasteiger partial charge in [-0.15, -0.1) is 11.3 Å². The molecule has 1 aromatic carbocycles. The number of nitrogens with two attached hydrogens (primary N) is 1. The van der Waals surface area contributed by atoms with E-state index in [2.05, 4.69) is 17.6 Å². The van der Waals surface area contributed by atoms with Crippen LogP contribution in [0.25, 0.3) is 0 Å². The van der Waals surface area contributed by atoms with E-state index < -0.39 is 23.3 Å². The lowest BCUT2D eigenvalue weighted by Crippen LogP contribution is -2.56. The lowest BCUT2D eigenvalue weighted by atomic mass is 9.88. The number of nitrogens with one attached hydrogen (secondary N) is 2. The van der Waals surface area contributed by atoms with E-state index >= 15 is 0 Å². The first kappa shape index (κ1) is 19.7. The minimum absolute atomic E-state index is 0.331. The molecule has 4 N–H and O–H groups in total. The minimum atomic E-state index is -1.81. The van der Waals surface area contributed by atoms with E-state index in [0.717, 1.165) is 29.7 Å². The van der Waals surface area contributed by atoms with E-state index in [1.54, 1.807) is 18.2 Å². The van der Waals surface area contributed by atoms with Gasteiger partial charge in [0.25, 0.3) is 23.3 Å². The second-order valence-corrected chi connectivity index (χ2v) is 9.15. The number of amides is 3. The molecule has 0 bridgehead atoms. The molecule has 29 heavy (non-hydrogen) atoms. The number of fused-ring (bicyclic) bond motifs is 2. The van der Waals surface area contributed by atoms with Gasteiger partial charge in [-0.2, -0.15) is 0 Å². The molecule has 2 unspecified atom stereocenters. The summed E-state index contributed by atoms with van der Waals surface area (Å²) >= 11 is 7.28. The molecule has 2 aliphatic rings. The summed E-state index contributed by atoms with van der Waals surface area (Å²) in [6.45, 7) is 3.53. The predicted molar refractivity (Wildman–Crippen MR) is 112 cm³/mol. The monoisotopic (exact) mass is 433 g/mol. The Morgan fingerprint density at radius 2 is 2.17 bits per heavy atom. The van der Waals surface area contributed by atoms with Gasteiger partial charge in [0.2, 0.25) is 0 Å². The first-order valence-corrected chi connectivity index (χ1v) is 10.4. The summed E-state index contributed by atoms with van der Waals surface area (Å²) in [6, 6.07) is 4.74. The average Bonchev–Trinajstić information content (AvgIpc) is 3.00. The van der Waals surface area contributed by atoms with Crippen molar-refractivity contribution in [3.05, 3.63) is 39.2 Å². The maximum atomic E-state index is 13.1. The number of hydrogen-bond acceptors (Lipinski definition) is 5. The molecule has 2 heterocycles. The highest BCUT2D eigenvalue weighted by molar-refractivity contribution is 7.17. The molecular formula is C20H20ClN3O4S. The van der Waals surface area contributed by atoms with Gasteiger partial charge < -0.3 is 21.1 Å². The lowest BCUT2D eigenvalue weighted by molar-refractivity contribution is -0.143. The van der Waals surface area contributed by atoms with Crippen molar-refractivity contribution < 1.29 is 19.1 Å². The summed E-state index contributed by atoms with van der Waals surface area (Å²) in [5.41, 5.74) is 5.41. The predicted octanol–water partition coefficient (Wildman–Crippen LogP) is 3.35. The quantitative estimate of drug-likeness (QED) is 0.644. The smallest absolute Gasteiger partial charge is 0.278 e. The highest BCUT2D eigenvalue weighted by Gasteiger charge is 2.48. The zero-order valence-electron chi connectivity index (χ0n) is 15.9. The maximum absolute atomic E-state index is 13.1. The molecule has 2 atom stereocenters. The van der Waals surface area contributed by atoms with Gasteiger partial charge in [0.1, 0.15) is 10.8 Å². The standard InChI is InChI=1S/C20H20ClN3O4S/c1-9-3-5-11-14(7-9)29-17(15(11)16(22)25)24-19(27)20(2)18(26)23-12-8-10(21)4-6-13(12)28-20/h4,6,8-9H,3,5,7H2,1-2H3,(H2,22,25)(H,23,26)(H,24,27). The molecule has 0 spiro atoms. The zero-order valence-corrected chi connectivity index (χ0v) is 17.5. The van der Waals surface area contributed by atoms with Crippen LogP contribution < -0.4 is 21.1 Å². The van der Waals surface area contributed by atoms with Crippen LogP contribution in [-0.4, -0.2) is 23.3 Å². The molecular weight excluding hydrogens is 414 g/mol. The van der Waals surface area contributed by atoms with Gasteiger partial charge in [0.05, 0.1) is 11.3 Å². The number of carbonyl (C=O) groups is 3. The second-order valence-electron chi connectivity index (χ2n) is 7.60. The topological polar surface area (TPSA) is 111 Å². The summed E-state index contributed by atoms with van der Waals surface area (Å²) in [7, 11) is 0. The van der Waals surface area contributed by atoms with E-state index in [0.29, 0.717) is 32.9 Å². The van der Waals surface area contributed by atoms with Crippen molar-refractivity contribution in [3.63, 3.8) is 0 Å². The van der Waals surface area contributed by atoms with Crippen molar-refractivity contribution in [2.45, 2.75) is 38.7 Å². The fraction of sp³-hybridized carbons (Fsp3) is 0.350. The van der Waals surface area contributed by atoms with Crippen LogP contribution in [-0.2, 0) is 22.4 Å². The normalized spacial score (nSPS) is 22.7. The van der Waals surface area contributed by atoms with Gasteiger partial charge in [-0.25, -0.2) is 0 Å². The van der Waals surface area contributed by atoms with Crippen LogP contribution in [0.1, 0.15) is 41.1 Å². The molecule has 1 aromatic heterocycles. The van der Waals surface area contributed by atoms with Gasteiger partial charge in [0, 0.05) is 9.90 Å². The lowest BCUT2D eigenvalue weighted by Gasteiger charge is -2.33. The van der Waals surface area contributed by atoms with Gasteiger partial charge in [-0.3, -0.25) is 14.4 Å². The van der Waals surface area contributed by atoms with Crippen LogP contribution in [0.5, 0.6) is 5.75 Å². The van der Waals surface area contributed by atoms with Crippen LogP contribution in [0, 0.1) is 5.92 Å². The molecule has 0 fully saturated rings. The van der Waals surface area contributed by atoms with E-state index in [4.69, 9.17) is 22.1 Å². The average molecular weight is 434 g/mol. The third-order valence-electron chi connectivity index (χ3n) is 5.36. The molecule has 152 valence electrons. The molecule has 7 nitrogen and oxygen atoms in total. The maximum Gasteiger partial charge on any atom is 0.278 e. The molecule has 1 aliphatic heterocycles. The first-order chi connectivity index (χ1) is 13.7. The minimum Gasteiger partial charge on any atom is -0.466 e. The van der Waals surface area contributed by atoms with Crippen molar-refractivity contribution in [3.8, 4) is 5.75 Å². The number of thiophene rings is 1. The number of anilines is 2. The van der Waals surface area contributed by atoms with Crippen molar-refractivity contribution >= 4 is 51.3 Å². The second kappa shape index (κ2) is 7.03. The summed E-state index contributed by atoms with van der Waals surface area (Å²) < 4.78 is 5.75. The highest BCUT2D eigenvalue weighted by atomic mass is 35.5. The van der Waals surface area contributed by atoms with Gasteiger partial charge in [-0.05, 0) is 55.9 Å². The van der Waals surface area contributed by atoms with Crippen LogP contribution >= 0.6 is 22.9 Å². The van der Waals surface area contributed by atoms with Gasteiger partial charge in [0.15, 0.2) is 0 Å². The molecule has 3 amide bonds. The van der Waals surface area contributed by atoms with Gasteiger partial charge >= 0.3 is 0 Å². The van der Waals surface area contributed by atoms with Crippen molar-refractivity contribution in [2.24, 2.45) is 11.7 Å². The number of rotatable bonds is 3. The number of halogens is 1. The first-order valence-electron chi connectivity index (χ1n) is 9.25. The number of ether oxygens (including phenoxy) is 1. The Balaban J connectivity index is 1.65. The van der Waals surface area contributed by atoms with Gasteiger partial charge in [-0.1, -0.05) is 18.5 Å². The van der Waals surface area contributed by atoms with Crippen LogP contribution in [0.15, 0.2) is 18.2 Å². The summed E-state index contributed by atoms with van der Waals surface area (Å²) in [4.78, 5) is 38.8. The molecule has 0 radical (unpaired) electrons. The van der Waals surface area contributed by atoms with Crippen LogP contribution in [0.4, 0.5) is 10.7 Å². The molecule has 0 saturated heterocycles. The van der Waals surface area contributed by atoms with E-state index in [-0.39, 0.29) is 0 Å². The number of carbonyl (C=O) groups excluding carboxylic acids is 3. The van der Waals surface area contributed by atoms with Crippen LogP contribution in [0.2, 0.25) is 5.02 Å². The summed E-state index contributed by atoms with van der Waals surface area (Å²) in [5, 5.41) is 6.16. The number of primary amides is 1. The largest absolute Gasteiger partial charge is 0.466 e. The molecule has 9 heteroatoms. The van der Waals surface area contributed by atoms with Crippen molar-refractivity contribution in [1.29, 1.82) is 0 Å². The van der Waals surface area contributed by atoms with E-state index in [9.17, 15) is 14.4 Å². The third-order valence-corrected chi connectivity index (χ3v) is 6.76. The van der Waals surface area contributed by atoms with E-state index in [1.807, 2.05) is 0 Å². The molecule has 1 aliphatic carbocycles. The fourth-order valence-electron chi connectivity index (χ4n) is 3.67. The zero-order chi connectivity index (χ0) is 20.9. The molecule has 0 saturated carbocycles. The Bertz CT molecular complexity index is 1050. The molecule has 4 rings (SSSR count). The van der Waals surface area contributed by atoms with Crippen molar-refractivity contribution in [1.82, 2.24) is 0 Å². The van der Waals surface area contributed by atoms with Crippen LogP contribution in [0.3, 0.4) is 0 Å². The molecule has 2 aromatic rings. The third kappa shape index (κ3) is 3.36. The summed E-state index contributed by atoms with van der Waals surface area (Å²) in [6.07, 6.45) is 2.53. The number of benzene rings is 1. The Kier molecular flexibility index (Phi) is 4.78. The SMILES string of the molecule is CC1CCc2c(sc(NC(=O)C3(C)Oc4ccc(Cl)cc4NC3=O)c2C(N)=O)C1. The number of hydrogen-bond donors (Lipinski definition) is 3. The summed E-state index contributed by atoms with van der Waals surface area (Å²) in [5.74, 6) is -1.06. The fourth-order valence-corrected chi connectivity index (χ4v) is 5.25. The Hall–Kier alpha value is -2.58. The Morgan fingerprint density at radius 3 is 2.90 bits per heavy atom. The highest BCUT2D eigenvalue weighted by Crippen LogP contribution is 2.41.